The molecule has 0 unspecified atom stereocenters. The highest BCUT2D eigenvalue weighted by molar-refractivity contribution is 5.98. The van der Waals surface area contributed by atoms with Gasteiger partial charge in [-0.05, 0) is 31.9 Å². The third-order valence-electron chi connectivity index (χ3n) is 6.95. The molecule has 1 saturated heterocycles. The maximum absolute atomic E-state index is 13.5. The topological polar surface area (TPSA) is 97.4 Å². The van der Waals surface area contributed by atoms with Gasteiger partial charge in [0.15, 0.2) is 0 Å². The molecule has 0 bridgehead atoms. The number of nitrogens with zero attached hydrogens (tertiary/aromatic N) is 2. The van der Waals surface area contributed by atoms with Crippen molar-refractivity contribution in [2.45, 2.75) is 51.4 Å². The molecule has 12 heteroatoms. The molecule has 212 valence electrons. The summed E-state index contributed by atoms with van der Waals surface area (Å²) < 4.78 is 55.0. The summed E-state index contributed by atoms with van der Waals surface area (Å²) in [6.07, 6.45) is -5.38. The Morgan fingerprint density at radius 3 is 2.47 bits per heavy atom. The van der Waals surface area contributed by atoms with E-state index in [4.69, 9.17) is 14.2 Å². The summed E-state index contributed by atoms with van der Waals surface area (Å²) in [5.41, 5.74) is 0.241. The zero-order valence-corrected chi connectivity index (χ0v) is 22.2. The molecule has 0 radical (unpaired) electrons. The zero-order valence-electron chi connectivity index (χ0n) is 22.2. The highest BCUT2D eigenvalue weighted by atomic mass is 19.4. The van der Waals surface area contributed by atoms with Gasteiger partial charge < -0.3 is 29.3 Å². The van der Waals surface area contributed by atoms with Gasteiger partial charge >= 0.3 is 6.18 Å². The van der Waals surface area contributed by atoms with Crippen molar-refractivity contribution in [2.24, 2.45) is 11.8 Å². The van der Waals surface area contributed by atoms with E-state index in [0.717, 1.165) is 0 Å². The van der Waals surface area contributed by atoms with Crippen molar-refractivity contribution in [3.05, 3.63) is 23.8 Å². The molecule has 1 aromatic rings. The van der Waals surface area contributed by atoms with Crippen molar-refractivity contribution in [3.63, 3.8) is 0 Å². The highest BCUT2D eigenvalue weighted by Gasteiger charge is 2.34. The van der Waals surface area contributed by atoms with Crippen LogP contribution in [0.2, 0.25) is 0 Å². The van der Waals surface area contributed by atoms with Gasteiger partial charge in [-0.1, -0.05) is 6.92 Å². The van der Waals surface area contributed by atoms with Crippen LogP contribution in [-0.2, 0) is 19.1 Å². The maximum atomic E-state index is 13.5. The minimum Gasteiger partial charge on any atom is -0.491 e. The van der Waals surface area contributed by atoms with Crippen molar-refractivity contribution in [1.82, 2.24) is 9.80 Å². The number of amides is 3. The molecule has 3 amide bonds. The quantitative estimate of drug-likeness (QED) is 0.626. The summed E-state index contributed by atoms with van der Waals surface area (Å²) in [7, 11) is 3.18. The van der Waals surface area contributed by atoms with Crippen LogP contribution in [0, 0.1) is 11.8 Å². The monoisotopic (exact) mass is 543 g/mol. The first kappa shape index (κ1) is 29.7. The molecule has 2 heterocycles. The molecule has 1 N–H and O–H groups in total. The number of carbonyl (C=O) groups excluding carboxylic acids is 3. The molecule has 38 heavy (non-hydrogen) atoms. The Balaban J connectivity index is 1.92. The number of hydrogen-bond acceptors (Lipinski definition) is 6. The van der Waals surface area contributed by atoms with E-state index in [1.807, 2.05) is 13.8 Å². The number of anilines is 1. The van der Waals surface area contributed by atoms with Crippen molar-refractivity contribution in [1.29, 1.82) is 0 Å². The molecule has 3 atom stereocenters. The second-order valence-corrected chi connectivity index (χ2v) is 10.0. The summed E-state index contributed by atoms with van der Waals surface area (Å²) in [5.74, 6) is -1.76. The van der Waals surface area contributed by atoms with Gasteiger partial charge in [-0.3, -0.25) is 14.4 Å². The predicted octanol–water partition coefficient (Wildman–Crippen LogP) is 3.34. The second-order valence-electron chi connectivity index (χ2n) is 10.0. The van der Waals surface area contributed by atoms with Crippen molar-refractivity contribution in [3.8, 4) is 5.75 Å². The molecular weight excluding hydrogens is 507 g/mol. The molecule has 9 nitrogen and oxygen atoms in total. The molecule has 2 aliphatic heterocycles. The molecule has 3 rings (SSSR count). The third-order valence-corrected chi connectivity index (χ3v) is 6.95. The van der Waals surface area contributed by atoms with Crippen LogP contribution >= 0.6 is 0 Å². The van der Waals surface area contributed by atoms with Gasteiger partial charge in [0.1, 0.15) is 18.8 Å². The van der Waals surface area contributed by atoms with E-state index in [-0.39, 0.29) is 65.9 Å². The van der Waals surface area contributed by atoms with Crippen LogP contribution in [0.1, 0.15) is 43.5 Å². The van der Waals surface area contributed by atoms with E-state index in [9.17, 15) is 27.6 Å². The zero-order chi connectivity index (χ0) is 28.0. The van der Waals surface area contributed by atoms with Gasteiger partial charge in [0.25, 0.3) is 5.91 Å². The number of halogens is 3. The lowest BCUT2D eigenvalue weighted by Crippen LogP contribution is -2.50. The number of alkyl halides is 3. The fourth-order valence-electron chi connectivity index (χ4n) is 4.72. The summed E-state index contributed by atoms with van der Waals surface area (Å²) in [6.45, 7) is 5.53. The van der Waals surface area contributed by atoms with Crippen LogP contribution in [0.4, 0.5) is 18.9 Å². The summed E-state index contributed by atoms with van der Waals surface area (Å²) in [6, 6.07) is 3.71. The second kappa shape index (κ2) is 12.8. The van der Waals surface area contributed by atoms with E-state index in [0.29, 0.717) is 32.6 Å². The number of methoxy groups -OCH3 is 1. The SMILES string of the molecule is CO[C@@H]1CN(C)C(=O)c2ccc(NC(=O)CC(F)(F)F)cc2OC[C@H](C)N(C(=O)C2CCOCC2)C[C@H]1C. The number of rotatable bonds is 4. The number of carbonyl (C=O) groups is 3. The van der Waals surface area contributed by atoms with Gasteiger partial charge in [-0.25, -0.2) is 0 Å². The summed E-state index contributed by atoms with van der Waals surface area (Å²) in [5, 5.41) is 2.20. The van der Waals surface area contributed by atoms with Gasteiger partial charge in [-0.2, -0.15) is 13.2 Å². The molecule has 1 aromatic carbocycles. The van der Waals surface area contributed by atoms with Gasteiger partial charge in [0.2, 0.25) is 11.8 Å². The largest absolute Gasteiger partial charge is 0.491 e. The fourth-order valence-corrected chi connectivity index (χ4v) is 4.72. The summed E-state index contributed by atoms with van der Waals surface area (Å²) >= 11 is 0. The Labute approximate surface area is 220 Å². The Bertz CT molecular complexity index is 999. The van der Waals surface area contributed by atoms with Crippen LogP contribution in [-0.4, -0.2) is 92.9 Å². The van der Waals surface area contributed by atoms with E-state index < -0.39 is 18.5 Å². The van der Waals surface area contributed by atoms with Crippen molar-refractivity contribution in [2.75, 3.05) is 52.4 Å². The molecule has 0 saturated carbocycles. The Morgan fingerprint density at radius 1 is 1.16 bits per heavy atom. The van der Waals surface area contributed by atoms with Crippen LogP contribution in [0.5, 0.6) is 5.75 Å². The number of benzene rings is 1. The van der Waals surface area contributed by atoms with E-state index in [1.54, 1.807) is 19.1 Å². The first-order valence-electron chi connectivity index (χ1n) is 12.7. The van der Waals surface area contributed by atoms with Gasteiger partial charge in [0, 0.05) is 64.1 Å². The molecule has 0 spiro atoms. The Hall–Kier alpha value is -2.86. The number of hydrogen-bond donors (Lipinski definition) is 1. The standard InChI is InChI=1S/C26H36F3N3O6/c1-16-13-32(24(34)18-7-9-37-10-8-18)17(2)15-38-21-11-19(30-23(33)12-26(27,28)29)5-6-20(21)25(35)31(3)14-22(16)36-4/h5-6,11,16-18,22H,7-10,12-15H2,1-4H3,(H,30,33)/t16-,17+,22-/m1/s1. The van der Waals surface area contributed by atoms with Gasteiger partial charge in [0.05, 0.1) is 17.7 Å². The normalized spacial score (nSPS) is 24.1. The first-order chi connectivity index (χ1) is 17.9. The molecule has 2 aliphatic rings. The fraction of sp³-hybridized carbons (Fsp3) is 0.654. The van der Waals surface area contributed by atoms with Crippen LogP contribution < -0.4 is 10.1 Å². The lowest BCUT2D eigenvalue weighted by Gasteiger charge is -2.38. The third kappa shape index (κ3) is 7.83. The molecule has 0 aromatic heterocycles. The maximum Gasteiger partial charge on any atom is 0.397 e. The average molecular weight is 544 g/mol. The summed E-state index contributed by atoms with van der Waals surface area (Å²) in [4.78, 5) is 41.9. The minimum atomic E-state index is -4.65. The highest BCUT2D eigenvalue weighted by Crippen LogP contribution is 2.29. The smallest absolute Gasteiger partial charge is 0.397 e. The van der Waals surface area contributed by atoms with Crippen molar-refractivity contribution < 1.29 is 41.8 Å². The van der Waals surface area contributed by atoms with Crippen LogP contribution in [0.25, 0.3) is 0 Å². The Morgan fingerprint density at radius 2 is 1.84 bits per heavy atom. The minimum absolute atomic E-state index is 0.000909. The number of fused-ring (bicyclic) bond motifs is 1. The average Bonchev–Trinajstić information content (AvgIpc) is 2.86. The lowest BCUT2D eigenvalue weighted by atomic mass is 9.95. The molecule has 0 aliphatic carbocycles. The first-order valence-corrected chi connectivity index (χ1v) is 12.7. The van der Waals surface area contributed by atoms with E-state index >= 15 is 0 Å². The number of likely N-dealkylation sites (N-methyl/N-ethyl adjacent to an activating group) is 1. The van der Waals surface area contributed by atoms with Crippen LogP contribution in [0.15, 0.2) is 18.2 Å². The van der Waals surface area contributed by atoms with Crippen LogP contribution in [0.3, 0.4) is 0 Å². The predicted molar refractivity (Wildman–Crippen MR) is 133 cm³/mol. The molecule has 1 fully saturated rings. The lowest BCUT2D eigenvalue weighted by molar-refractivity contribution is -0.150. The molecular formula is C26H36F3N3O6. The van der Waals surface area contributed by atoms with E-state index in [1.165, 1.54) is 23.1 Å². The van der Waals surface area contributed by atoms with Gasteiger partial charge in [-0.15, -0.1) is 0 Å². The van der Waals surface area contributed by atoms with E-state index in [2.05, 4.69) is 5.32 Å². The Kier molecular flexibility index (Phi) is 10.00. The van der Waals surface area contributed by atoms with Crippen molar-refractivity contribution >= 4 is 23.4 Å². The number of ether oxygens (including phenoxy) is 3. The number of nitrogens with one attached hydrogen (secondary N) is 1.